The Hall–Kier alpha value is -1.55. The highest BCUT2D eigenvalue weighted by Gasteiger charge is 2.46. The third kappa shape index (κ3) is 1.16. The summed E-state index contributed by atoms with van der Waals surface area (Å²) in [5.41, 5.74) is 3.66. The van der Waals surface area contributed by atoms with Crippen LogP contribution in [-0.4, -0.2) is 31.1 Å². The normalized spacial score (nSPS) is 32.8. The molecule has 0 radical (unpaired) electrons. The summed E-state index contributed by atoms with van der Waals surface area (Å²) >= 11 is 0. The van der Waals surface area contributed by atoms with Crippen molar-refractivity contribution in [3.8, 4) is 0 Å². The Morgan fingerprint density at radius 2 is 2.28 bits per heavy atom. The molecule has 1 saturated heterocycles. The van der Waals surface area contributed by atoms with Gasteiger partial charge in [0.2, 0.25) is 5.91 Å². The molecule has 4 rings (SSSR count). The third-order valence-electron chi connectivity index (χ3n) is 4.58. The van der Waals surface area contributed by atoms with Crippen molar-refractivity contribution in [2.45, 2.75) is 31.3 Å². The first-order chi connectivity index (χ1) is 8.77. The van der Waals surface area contributed by atoms with E-state index in [9.17, 15) is 4.79 Å². The summed E-state index contributed by atoms with van der Waals surface area (Å²) < 4.78 is 0. The number of carbonyl (C=O) groups excluding carboxylic acids is 1. The average molecular weight is 243 g/mol. The van der Waals surface area contributed by atoms with Crippen LogP contribution in [0.5, 0.6) is 0 Å². The van der Waals surface area contributed by atoms with Gasteiger partial charge in [-0.1, -0.05) is 12.1 Å². The minimum atomic E-state index is -0.0493. The zero-order valence-electron chi connectivity index (χ0n) is 10.4. The molecule has 94 valence electrons. The summed E-state index contributed by atoms with van der Waals surface area (Å²) in [5, 5.41) is 6.51. The number of para-hydroxylation sites is 1. The molecule has 1 aromatic carbocycles. The van der Waals surface area contributed by atoms with Crippen LogP contribution in [0.1, 0.15) is 24.8 Å². The highest BCUT2D eigenvalue weighted by Crippen LogP contribution is 2.49. The number of benzene rings is 1. The predicted octanol–water partition coefficient (Wildman–Crippen LogP) is 1.29. The van der Waals surface area contributed by atoms with Gasteiger partial charge in [-0.2, -0.15) is 0 Å². The Morgan fingerprint density at radius 3 is 3.17 bits per heavy atom. The van der Waals surface area contributed by atoms with Crippen LogP contribution in [-0.2, 0) is 4.79 Å². The molecule has 2 N–H and O–H groups in total. The zero-order valence-corrected chi connectivity index (χ0v) is 10.4. The molecule has 1 amide bonds. The first-order valence-corrected chi connectivity index (χ1v) is 6.70. The van der Waals surface area contributed by atoms with Crippen molar-refractivity contribution < 1.29 is 4.79 Å². The maximum atomic E-state index is 12.1. The fourth-order valence-corrected chi connectivity index (χ4v) is 3.75. The maximum Gasteiger partial charge on any atom is 0.246 e. The molecule has 1 aromatic rings. The molecule has 18 heavy (non-hydrogen) atoms. The van der Waals surface area contributed by atoms with Gasteiger partial charge in [0, 0.05) is 18.5 Å². The SMILES string of the molecule is CC1C(=O)Nc2cccc3c2N1[C@H]1CCNC[C@@H]31. The van der Waals surface area contributed by atoms with Crippen molar-refractivity contribution in [1.29, 1.82) is 0 Å². The molecule has 4 nitrogen and oxygen atoms in total. The molecule has 3 aliphatic heterocycles. The lowest BCUT2D eigenvalue weighted by atomic mass is 9.90. The van der Waals surface area contributed by atoms with Crippen LogP contribution in [0.25, 0.3) is 0 Å². The molecular weight excluding hydrogens is 226 g/mol. The molecule has 0 bridgehead atoms. The fourth-order valence-electron chi connectivity index (χ4n) is 3.75. The van der Waals surface area contributed by atoms with Crippen LogP contribution in [0.15, 0.2) is 18.2 Å². The Bertz CT molecular complexity index is 528. The second kappa shape index (κ2) is 3.48. The van der Waals surface area contributed by atoms with E-state index in [1.54, 1.807) is 0 Å². The Labute approximate surface area is 106 Å². The Morgan fingerprint density at radius 1 is 1.39 bits per heavy atom. The molecule has 3 atom stereocenters. The smallest absolute Gasteiger partial charge is 0.246 e. The van der Waals surface area contributed by atoms with Crippen LogP contribution in [0, 0.1) is 0 Å². The van der Waals surface area contributed by atoms with Crippen LogP contribution in [0.2, 0.25) is 0 Å². The average Bonchev–Trinajstić information content (AvgIpc) is 2.73. The van der Waals surface area contributed by atoms with Crippen molar-refractivity contribution in [3.05, 3.63) is 23.8 Å². The van der Waals surface area contributed by atoms with E-state index in [0.29, 0.717) is 12.0 Å². The predicted molar refractivity (Wildman–Crippen MR) is 71.0 cm³/mol. The largest absolute Gasteiger partial charge is 0.354 e. The van der Waals surface area contributed by atoms with Gasteiger partial charge in [0.05, 0.1) is 11.4 Å². The lowest BCUT2D eigenvalue weighted by Gasteiger charge is -2.39. The number of anilines is 2. The number of hydrogen-bond donors (Lipinski definition) is 2. The van der Waals surface area contributed by atoms with E-state index in [2.05, 4.69) is 27.7 Å². The van der Waals surface area contributed by atoms with Crippen LogP contribution < -0.4 is 15.5 Å². The van der Waals surface area contributed by atoms with Gasteiger partial charge in [-0.3, -0.25) is 4.79 Å². The van der Waals surface area contributed by atoms with Crippen LogP contribution >= 0.6 is 0 Å². The summed E-state index contributed by atoms with van der Waals surface area (Å²) in [6.07, 6.45) is 1.12. The van der Waals surface area contributed by atoms with E-state index < -0.39 is 0 Å². The minimum Gasteiger partial charge on any atom is -0.354 e. The van der Waals surface area contributed by atoms with E-state index in [4.69, 9.17) is 0 Å². The molecule has 0 spiro atoms. The monoisotopic (exact) mass is 243 g/mol. The quantitative estimate of drug-likeness (QED) is 0.721. The van der Waals surface area contributed by atoms with E-state index in [1.165, 1.54) is 11.3 Å². The summed E-state index contributed by atoms with van der Waals surface area (Å²) in [5.74, 6) is 0.655. The molecular formula is C14H17N3O. The number of amides is 1. The van der Waals surface area contributed by atoms with Crippen molar-refractivity contribution in [2.75, 3.05) is 23.3 Å². The summed E-state index contributed by atoms with van der Waals surface area (Å²) in [4.78, 5) is 14.4. The van der Waals surface area contributed by atoms with E-state index in [0.717, 1.165) is 25.2 Å². The first kappa shape index (κ1) is 10.4. The van der Waals surface area contributed by atoms with Gasteiger partial charge >= 0.3 is 0 Å². The number of fused-ring (bicyclic) bond motifs is 3. The summed E-state index contributed by atoms with van der Waals surface area (Å²) in [6, 6.07) is 6.73. The first-order valence-electron chi connectivity index (χ1n) is 6.70. The van der Waals surface area contributed by atoms with Crippen molar-refractivity contribution in [3.63, 3.8) is 0 Å². The molecule has 1 fully saturated rings. The van der Waals surface area contributed by atoms with Gasteiger partial charge in [0.25, 0.3) is 0 Å². The second-order valence-electron chi connectivity index (χ2n) is 5.48. The maximum absolute atomic E-state index is 12.1. The van der Waals surface area contributed by atoms with Crippen molar-refractivity contribution >= 4 is 17.3 Å². The minimum absolute atomic E-state index is 0.0493. The van der Waals surface area contributed by atoms with Gasteiger partial charge in [-0.15, -0.1) is 0 Å². The van der Waals surface area contributed by atoms with E-state index in [1.807, 2.05) is 13.0 Å². The molecule has 1 unspecified atom stereocenters. The zero-order chi connectivity index (χ0) is 12.3. The lowest BCUT2D eigenvalue weighted by molar-refractivity contribution is -0.117. The number of nitrogens with zero attached hydrogens (tertiary/aromatic N) is 1. The molecule has 3 heterocycles. The lowest BCUT2D eigenvalue weighted by Crippen LogP contribution is -2.52. The Kier molecular flexibility index (Phi) is 2.01. The van der Waals surface area contributed by atoms with Crippen LogP contribution in [0.3, 0.4) is 0 Å². The standard InChI is InChI=1S/C14H17N3O/c1-8-14(18)16-11-4-2-3-9-10-7-15-6-5-12(10)17(8)13(9)11/h2-4,8,10,12,15H,5-7H2,1H3,(H,16,18)/t8?,10-,12-/m0/s1. The number of carbonyl (C=O) groups is 1. The van der Waals surface area contributed by atoms with Crippen molar-refractivity contribution in [2.24, 2.45) is 0 Å². The van der Waals surface area contributed by atoms with Gasteiger partial charge < -0.3 is 15.5 Å². The highest BCUT2D eigenvalue weighted by molar-refractivity contribution is 6.05. The molecule has 0 aliphatic carbocycles. The van der Waals surface area contributed by atoms with Gasteiger partial charge in [0.15, 0.2) is 0 Å². The molecule has 4 heteroatoms. The second-order valence-corrected chi connectivity index (χ2v) is 5.48. The van der Waals surface area contributed by atoms with Gasteiger partial charge in [-0.25, -0.2) is 0 Å². The number of piperidine rings is 1. The van der Waals surface area contributed by atoms with Gasteiger partial charge in [0.1, 0.15) is 6.04 Å². The third-order valence-corrected chi connectivity index (χ3v) is 4.58. The summed E-state index contributed by atoms with van der Waals surface area (Å²) in [7, 11) is 0. The fraction of sp³-hybridized carbons (Fsp3) is 0.500. The summed E-state index contributed by atoms with van der Waals surface area (Å²) in [6.45, 7) is 4.09. The topological polar surface area (TPSA) is 44.4 Å². The van der Waals surface area contributed by atoms with E-state index >= 15 is 0 Å². The number of nitrogens with one attached hydrogen (secondary N) is 2. The number of rotatable bonds is 0. The van der Waals surface area contributed by atoms with Crippen molar-refractivity contribution in [1.82, 2.24) is 5.32 Å². The van der Waals surface area contributed by atoms with Gasteiger partial charge in [-0.05, 0) is 31.5 Å². The molecule has 0 saturated carbocycles. The van der Waals surface area contributed by atoms with E-state index in [-0.39, 0.29) is 11.9 Å². The Balaban J connectivity index is 1.92. The highest BCUT2D eigenvalue weighted by atomic mass is 16.2. The number of hydrogen-bond acceptors (Lipinski definition) is 3. The van der Waals surface area contributed by atoms with Crippen LogP contribution in [0.4, 0.5) is 11.4 Å². The molecule has 3 aliphatic rings. The molecule has 0 aromatic heterocycles.